The third-order valence-corrected chi connectivity index (χ3v) is 8.73. The quantitative estimate of drug-likeness (QED) is 0.0903. The second kappa shape index (κ2) is 19.4. The van der Waals surface area contributed by atoms with E-state index < -0.39 is 37.1 Å². The van der Waals surface area contributed by atoms with Gasteiger partial charge in [-0.3, -0.25) is 4.79 Å². The fraction of sp³-hybridized carbons (Fsp3) is 0.568. The molecule has 3 rings (SSSR count). The minimum Gasteiger partial charge on any atom is -0.486 e. The van der Waals surface area contributed by atoms with E-state index in [0.717, 1.165) is 49.7 Å². The minimum absolute atomic E-state index is 0.0113. The molecule has 8 nitrogen and oxygen atoms in total. The van der Waals surface area contributed by atoms with Gasteiger partial charge in [0.15, 0.2) is 11.5 Å². The van der Waals surface area contributed by atoms with E-state index in [-0.39, 0.29) is 45.0 Å². The zero-order valence-corrected chi connectivity index (χ0v) is 28.0. The summed E-state index contributed by atoms with van der Waals surface area (Å²) in [6, 6.07) is 12.0. The highest BCUT2D eigenvalue weighted by Crippen LogP contribution is 2.41. The van der Waals surface area contributed by atoms with Crippen LogP contribution in [0, 0.1) is 11.8 Å². The first kappa shape index (κ1) is 38.9. The number of ether oxygens (including phenoxy) is 4. The molecule has 0 radical (unpaired) electrons. The molecule has 1 aliphatic carbocycles. The molecular formula is C37H49F3O8. The molecule has 1 saturated carbocycles. The van der Waals surface area contributed by atoms with Gasteiger partial charge < -0.3 is 29.2 Å². The lowest BCUT2D eigenvalue weighted by Crippen LogP contribution is -2.20. The summed E-state index contributed by atoms with van der Waals surface area (Å²) >= 11 is 0. The van der Waals surface area contributed by atoms with Crippen LogP contribution in [0.1, 0.15) is 82.3 Å². The lowest BCUT2D eigenvalue weighted by molar-refractivity contribution is -0.150. The number of hydrogen-bond acceptors (Lipinski definition) is 8. The van der Waals surface area contributed by atoms with Crippen LogP contribution in [-0.4, -0.2) is 68.0 Å². The Morgan fingerprint density at radius 3 is 2.19 bits per heavy atom. The number of aliphatic hydroxyl groups is 2. The predicted molar refractivity (Wildman–Crippen MR) is 176 cm³/mol. The van der Waals surface area contributed by atoms with E-state index in [0.29, 0.717) is 29.8 Å². The molecule has 0 spiro atoms. The van der Waals surface area contributed by atoms with Gasteiger partial charge in [0.25, 0.3) is 0 Å². The smallest absolute Gasteiger partial charge is 0.389 e. The summed E-state index contributed by atoms with van der Waals surface area (Å²) in [7, 11) is 0. The van der Waals surface area contributed by atoms with Crippen molar-refractivity contribution in [3.05, 3.63) is 59.7 Å². The standard InChI is InChI=1S/C37H49F3O8/c1-4-28-21-30(12-14-32(28)29-10-8-27(9-11-29)7-5-6-16-37(38,39)40)31-13-15-33(45-17-19-47-35(43)25(2)23-41)34(22-31)46-18-20-48-36(44)26(3)24-42/h12-15,21-22,25,27,29,41-42H,3-11,16-20,23-24H2,1-2H3. The van der Waals surface area contributed by atoms with Gasteiger partial charge in [0.05, 0.1) is 24.7 Å². The molecular weight excluding hydrogens is 629 g/mol. The molecule has 1 fully saturated rings. The van der Waals surface area contributed by atoms with Crippen molar-refractivity contribution in [2.24, 2.45) is 11.8 Å². The Kier molecular flexibility index (Phi) is 15.7. The number of esters is 2. The number of aryl methyl sites for hydroxylation is 1. The third kappa shape index (κ3) is 12.5. The van der Waals surface area contributed by atoms with Gasteiger partial charge in [-0.25, -0.2) is 4.79 Å². The lowest BCUT2D eigenvalue weighted by Gasteiger charge is -2.30. The Morgan fingerprint density at radius 2 is 1.54 bits per heavy atom. The van der Waals surface area contributed by atoms with Crippen molar-refractivity contribution in [2.45, 2.75) is 83.7 Å². The van der Waals surface area contributed by atoms with Crippen LogP contribution in [0.2, 0.25) is 0 Å². The van der Waals surface area contributed by atoms with Crippen LogP contribution in [0.4, 0.5) is 13.2 Å². The van der Waals surface area contributed by atoms with Crippen LogP contribution in [0.25, 0.3) is 11.1 Å². The maximum atomic E-state index is 12.5. The normalized spacial score (nSPS) is 17.0. The second-order valence-electron chi connectivity index (χ2n) is 12.4. The largest absolute Gasteiger partial charge is 0.486 e. The number of carbonyl (C=O) groups excluding carboxylic acids is 2. The number of carbonyl (C=O) groups is 2. The van der Waals surface area contributed by atoms with E-state index in [9.17, 15) is 22.8 Å². The zero-order chi connectivity index (χ0) is 35.1. The Hall–Kier alpha value is -3.57. The highest BCUT2D eigenvalue weighted by Gasteiger charge is 2.27. The summed E-state index contributed by atoms with van der Waals surface area (Å²) in [6.07, 6.45) is 1.91. The molecule has 48 heavy (non-hydrogen) atoms. The molecule has 2 N–H and O–H groups in total. The Bertz CT molecular complexity index is 1330. The van der Waals surface area contributed by atoms with Crippen molar-refractivity contribution >= 4 is 11.9 Å². The van der Waals surface area contributed by atoms with E-state index >= 15 is 0 Å². The zero-order valence-electron chi connectivity index (χ0n) is 28.0. The first-order chi connectivity index (χ1) is 22.9. The Morgan fingerprint density at radius 1 is 0.896 bits per heavy atom. The van der Waals surface area contributed by atoms with E-state index in [1.807, 2.05) is 12.1 Å². The van der Waals surface area contributed by atoms with Gasteiger partial charge in [0.1, 0.15) is 26.4 Å². The summed E-state index contributed by atoms with van der Waals surface area (Å²) in [6.45, 7) is 6.28. The van der Waals surface area contributed by atoms with Crippen molar-refractivity contribution < 1.29 is 51.9 Å². The molecule has 1 unspecified atom stereocenters. The highest BCUT2D eigenvalue weighted by atomic mass is 19.4. The van der Waals surface area contributed by atoms with Crippen LogP contribution in [-0.2, 0) is 25.5 Å². The number of rotatable bonds is 19. The molecule has 1 atom stereocenters. The average Bonchev–Trinajstić information content (AvgIpc) is 3.09. The fourth-order valence-corrected chi connectivity index (χ4v) is 5.89. The number of alkyl halides is 3. The van der Waals surface area contributed by atoms with Crippen LogP contribution >= 0.6 is 0 Å². The summed E-state index contributed by atoms with van der Waals surface area (Å²) in [4.78, 5) is 23.7. The molecule has 2 aromatic rings. The predicted octanol–water partition coefficient (Wildman–Crippen LogP) is 7.33. The maximum absolute atomic E-state index is 12.5. The van der Waals surface area contributed by atoms with Gasteiger partial charge in [-0.05, 0) is 91.7 Å². The fourth-order valence-electron chi connectivity index (χ4n) is 5.89. The molecule has 266 valence electrons. The van der Waals surface area contributed by atoms with Crippen molar-refractivity contribution in [1.29, 1.82) is 0 Å². The summed E-state index contributed by atoms with van der Waals surface area (Å²) in [5.74, 6) is -0.157. The number of aliphatic hydroxyl groups excluding tert-OH is 2. The number of benzene rings is 2. The van der Waals surface area contributed by atoms with Gasteiger partial charge in [0, 0.05) is 6.42 Å². The first-order valence-corrected chi connectivity index (χ1v) is 16.8. The van der Waals surface area contributed by atoms with Gasteiger partial charge in [-0.15, -0.1) is 0 Å². The number of unbranched alkanes of at least 4 members (excludes halogenated alkanes) is 1. The molecule has 0 aromatic heterocycles. The van der Waals surface area contributed by atoms with E-state index in [1.54, 1.807) is 13.0 Å². The van der Waals surface area contributed by atoms with Gasteiger partial charge in [-0.2, -0.15) is 13.2 Å². The lowest BCUT2D eigenvalue weighted by atomic mass is 9.75. The van der Waals surface area contributed by atoms with Crippen LogP contribution < -0.4 is 9.47 Å². The Balaban J connectivity index is 1.68. The maximum Gasteiger partial charge on any atom is 0.389 e. The van der Waals surface area contributed by atoms with Gasteiger partial charge >= 0.3 is 18.1 Å². The second-order valence-corrected chi connectivity index (χ2v) is 12.4. The topological polar surface area (TPSA) is 112 Å². The van der Waals surface area contributed by atoms with E-state index in [4.69, 9.17) is 29.2 Å². The number of halogens is 3. The molecule has 0 heterocycles. The van der Waals surface area contributed by atoms with Crippen molar-refractivity contribution in [3.63, 3.8) is 0 Å². The van der Waals surface area contributed by atoms with Crippen molar-refractivity contribution in [3.8, 4) is 22.6 Å². The van der Waals surface area contributed by atoms with E-state index in [2.05, 4.69) is 31.7 Å². The monoisotopic (exact) mass is 678 g/mol. The minimum atomic E-state index is -4.07. The van der Waals surface area contributed by atoms with Gasteiger partial charge in [0.2, 0.25) is 0 Å². The summed E-state index contributed by atoms with van der Waals surface area (Å²) in [5.41, 5.74) is 4.38. The average molecular weight is 679 g/mol. The van der Waals surface area contributed by atoms with Crippen molar-refractivity contribution in [1.82, 2.24) is 0 Å². The summed E-state index contributed by atoms with van der Waals surface area (Å²) in [5, 5.41) is 18.2. The van der Waals surface area contributed by atoms with Crippen LogP contribution in [0.5, 0.6) is 11.5 Å². The molecule has 0 aliphatic heterocycles. The molecule has 2 aromatic carbocycles. The first-order valence-electron chi connectivity index (χ1n) is 16.8. The molecule has 11 heteroatoms. The SMILES string of the molecule is C=C(CO)C(=O)OCCOc1cc(-c2ccc(C3CCC(CCCCC(F)(F)F)CC3)c(CC)c2)ccc1OCCOC(=O)C(C)CO. The molecule has 0 saturated heterocycles. The third-order valence-electron chi connectivity index (χ3n) is 8.73. The highest BCUT2D eigenvalue weighted by molar-refractivity contribution is 5.87. The van der Waals surface area contributed by atoms with Crippen molar-refractivity contribution in [2.75, 3.05) is 39.6 Å². The van der Waals surface area contributed by atoms with E-state index in [1.165, 1.54) is 11.1 Å². The van der Waals surface area contributed by atoms with Crippen LogP contribution in [0.3, 0.4) is 0 Å². The number of hydrogen-bond donors (Lipinski definition) is 2. The molecule has 1 aliphatic rings. The Labute approximate surface area is 281 Å². The molecule has 0 bridgehead atoms. The summed E-state index contributed by atoms with van der Waals surface area (Å²) < 4.78 is 59.5. The molecule has 0 amide bonds. The van der Waals surface area contributed by atoms with Gasteiger partial charge in [-0.1, -0.05) is 50.6 Å². The van der Waals surface area contributed by atoms with Crippen LogP contribution in [0.15, 0.2) is 48.6 Å².